The zero-order valence-electron chi connectivity index (χ0n) is 18.3. The van der Waals surface area contributed by atoms with Crippen molar-refractivity contribution in [3.8, 4) is 11.5 Å². The number of piperazine rings is 1. The Balaban J connectivity index is 1.24. The van der Waals surface area contributed by atoms with Gasteiger partial charge in [0.2, 0.25) is 5.89 Å². The Bertz CT molecular complexity index is 1200. The van der Waals surface area contributed by atoms with Crippen LogP contribution in [0.15, 0.2) is 71.3 Å². The number of rotatable bonds is 4. The number of para-hydroxylation sites is 2. The van der Waals surface area contributed by atoms with E-state index in [0.29, 0.717) is 17.1 Å². The molecular formula is C25H26N5O2+. The average molecular weight is 429 g/mol. The molecule has 1 fully saturated rings. The number of hydrogen-bond donors (Lipinski definition) is 1. The molecule has 3 heterocycles. The first-order chi connectivity index (χ1) is 15.5. The first-order valence-electron chi connectivity index (χ1n) is 10.8. The Morgan fingerprint density at radius 3 is 2.44 bits per heavy atom. The summed E-state index contributed by atoms with van der Waals surface area (Å²) in [6.45, 7) is 4.11. The zero-order chi connectivity index (χ0) is 22.1. The van der Waals surface area contributed by atoms with Crippen molar-refractivity contribution in [3.63, 3.8) is 0 Å². The summed E-state index contributed by atoms with van der Waals surface area (Å²) >= 11 is 0. The van der Waals surface area contributed by atoms with Gasteiger partial charge >= 0.3 is 0 Å². The number of hydrogen-bond acceptors (Lipinski definition) is 5. The summed E-state index contributed by atoms with van der Waals surface area (Å²) in [6.07, 6.45) is 1.64. The van der Waals surface area contributed by atoms with Crippen LogP contribution in [0.2, 0.25) is 0 Å². The van der Waals surface area contributed by atoms with Crippen LogP contribution in [0.1, 0.15) is 10.4 Å². The molecule has 2 aromatic carbocycles. The lowest BCUT2D eigenvalue weighted by Crippen LogP contribution is -2.55. The van der Waals surface area contributed by atoms with E-state index in [2.05, 4.69) is 34.3 Å². The molecular weight excluding hydrogens is 402 g/mol. The second kappa shape index (κ2) is 8.09. The standard InChI is InChI=1S/C25H25N5O2/c1-30(2)15-13-29(14-16-30)23-12-9-19(17-26-23)24(31)27-20-10-7-18(8-11-20)25-28-21-5-3-4-6-22(21)32-25/h3-12,17H,13-16H2,1-2H3/p+1. The molecule has 7 heteroatoms. The molecule has 4 aromatic rings. The number of quaternary nitrogens is 1. The largest absolute Gasteiger partial charge is 0.436 e. The minimum Gasteiger partial charge on any atom is -0.436 e. The summed E-state index contributed by atoms with van der Waals surface area (Å²) in [6, 6.07) is 18.9. The SMILES string of the molecule is C[N+]1(C)CCN(c2ccc(C(=O)Nc3ccc(-c4nc5ccccc5o4)cc3)cn2)CC1. The van der Waals surface area contributed by atoms with Crippen LogP contribution in [-0.2, 0) is 0 Å². The van der Waals surface area contributed by atoms with E-state index in [9.17, 15) is 4.79 Å². The highest BCUT2D eigenvalue weighted by Gasteiger charge is 2.25. The van der Waals surface area contributed by atoms with Gasteiger partial charge in [0, 0.05) is 17.4 Å². The molecule has 0 saturated carbocycles. The third-order valence-corrected chi connectivity index (χ3v) is 5.97. The molecule has 1 saturated heterocycles. The Morgan fingerprint density at radius 1 is 1.00 bits per heavy atom. The molecule has 2 aromatic heterocycles. The van der Waals surface area contributed by atoms with E-state index in [-0.39, 0.29) is 5.91 Å². The van der Waals surface area contributed by atoms with Crippen molar-refractivity contribution in [1.29, 1.82) is 0 Å². The van der Waals surface area contributed by atoms with E-state index in [1.54, 1.807) is 6.20 Å². The smallest absolute Gasteiger partial charge is 0.257 e. The van der Waals surface area contributed by atoms with Gasteiger partial charge in [0.1, 0.15) is 11.3 Å². The Labute approximate surface area is 186 Å². The van der Waals surface area contributed by atoms with Crippen LogP contribution in [0.3, 0.4) is 0 Å². The molecule has 32 heavy (non-hydrogen) atoms. The maximum atomic E-state index is 12.7. The van der Waals surface area contributed by atoms with Crippen molar-refractivity contribution in [2.24, 2.45) is 0 Å². The maximum absolute atomic E-state index is 12.7. The Kier molecular flexibility index (Phi) is 5.11. The second-order valence-electron chi connectivity index (χ2n) is 8.79. The fourth-order valence-corrected chi connectivity index (χ4v) is 3.84. The molecule has 0 spiro atoms. The number of pyridine rings is 1. The van der Waals surface area contributed by atoms with E-state index in [4.69, 9.17) is 4.42 Å². The lowest BCUT2D eigenvalue weighted by molar-refractivity contribution is -0.890. The van der Waals surface area contributed by atoms with Crippen molar-refractivity contribution in [2.45, 2.75) is 0 Å². The summed E-state index contributed by atoms with van der Waals surface area (Å²) in [5, 5.41) is 2.93. The van der Waals surface area contributed by atoms with E-state index >= 15 is 0 Å². The number of fused-ring (bicyclic) bond motifs is 1. The first kappa shape index (κ1) is 20.2. The fraction of sp³-hybridized carbons (Fsp3) is 0.240. The molecule has 0 bridgehead atoms. The Morgan fingerprint density at radius 2 is 1.75 bits per heavy atom. The molecule has 0 unspecified atom stereocenters. The number of carbonyl (C=O) groups excluding carboxylic acids is 1. The maximum Gasteiger partial charge on any atom is 0.257 e. The van der Waals surface area contributed by atoms with Gasteiger partial charge in [0.25, 0.3) is 5.91 Å². The molecule has 1 amide bonds. The van der Waals surface area contributed by atoms with Crippen LogP contribution in [0.25, 0.3) is 22.6 Å². The summed E-state index contributed by atoms with van der Waals surface area (Å²) < 4.78 is 6.84. The number of aromatic nitrogens is 2. The average Bonchev–Trinajstić information content (AvgIpc) is 3.24. The quantitative estimate of drug-likeness (QED) is 0.497. The number of nitrogens with zero attached hydrogens (tertiary/aromatic N) is 4. The van der Waals surface area contributed by atoms with Crippen molar-refractivity contribution in [2.75, 3.05) is 50.5 Å². The minimum atomic E-state index is -0.185. The van der Waals surface area contributed by atoms with Crippen molar-refractivity contribution < 1.29 is 13.7 Å². The summed E-state index contributed by atoms with van der Waals surface area (Å²) in [5.74, 6) is 1.29. The highest BCUT2D eigenvalue weighted by atomic mass is 16.3. The number of amides is 1. The number of benzene rings is 2. The summed E-state index contributed by atoms with van der Waals surface area (Å²) in [7, 11) is 4.50. The third kappa shape index (κ3) is 4.20. The number of nitrogens with one attached hydrogen (secondary N) is 1. The lowest BCUT2D eigenvalue weighted by atomic mass is 10.2. The van der Waals surface area contributed by atoms with E-state index in [1.807, 2.05) is 60.7 Å². The second-order valence-corrected chi connectivity index (χ2v) is 8.79. The van der Waals surface area contributed by atoms with Crippen LogP contribution in [0.4, 0.5) is 11.5 Å². The topological polar surface area (TPSA) is 71.3 Å². The number of carbonyl (C=O) groups is 1. The fourth-order valence-electron chi connectivity index (χ4n) is 3.84. The van der Waals surface area contributed by atoms with Crippen molar-refractivity contribution in [1.82, 2.24) is 9.97 Å². The van der Waals surface area contributed by atoms with Gasteiger partial charge in [-0.25, -0.2) is 9.97 Å². The van der Waals surface area contributed by atoms with Crippen LogP contribution in [0, 0.1) is 0 Å². The van der Waals surface area contributed by atoms with Crippen molar-refractivity contribution in [3.05, 3.63) is 72.4 Å². The normalized spacial score (nSPS) is 15.6. The monoisotopic (exact) mass is 428 g/mol. The molecule has 162 valence electrons. The number of likely N-dealkylation sites (N-methyl/N-ethyl adjacent to an activating group) is 1. The van der Waals surface area contributed by atoms with Crippen LogP contribution < -0.4 is 10.2 Å². The van der Waals surface area contributed by atoms with Gasteiger partial charge in [-0.1, -0.05) is 12.1 Å². The predicted molar refractivity (Wildman–Crippen MR) is 126 cm³/mol. The number of oxazole rings is 1. The van der Waals surface area contributed by atoms with Crippen LogP contribution in [0.5, 0.6) is 0 Å². The highest BCUT2D eigenvalue weighted by molar-refractivity contribution is 6.04. The van der Waals surface area contributed by atoms with E-state index < -0.39 is 0 Å². The van der Waals surface area contributed by atoms with Crippen LogP contribution in [-0.4, -0.2) is 60.6 Å². The predicted octanol–water partition coefficient (Wildman–Crippen LogP) is 4.04. The van der Waals surface area contributed by atoms with Gasteiger partial charge in [0.15, 0.2) is 5.58 Å². The molecule has 1 aliphatic rings. The first-order valence-corrected chi connectivity index (χ1v) is 10.8. The highest BCUT2D eigenvalue weighted by Crippen LogP contribution is 2.25. The summed E-state index contributed by atoms with van der Waals surface area (Å²) in [4.78, 5) is 24.0. The van der Waals surface area contributed by atoms with Gasteiger partial charge in [-0.05, 0) is 48.5 Å². The zero-order valence-corrected chi connectivity index (χ0v) is 18.3. The minimum absolute atomic E-state index is 0.185. The van der Waals surface area contributed by atoms with Gasteiger partial charge in [-0.3, -0.25) is 4.79 Å². The molecule has 1 aliphatic heterocycles. The molecule has 0 radical (unpaired) electrons. The van der Waals surface area contributed by atoms with Gasteiger partial charge in [0.05, 0.1) is 45.8 Å². The van der Waals surface area contributed by atoms with Gasteiger partial charge in [-0.2, -0.15) is 0 Å². The lowest BCUT2D eigenvalue weighted by Gasteiger charge is -2.39. The molecule has 0 aliphatic carbocycles. The molecule has 0 atom stereocenters. The van der Waals surface area contributed by atoms with E-state index in [1.165, 1.54) is 0 Å². The molecule has 5 rings (SSSR count). The van der Waals surface area contributed by atoms with Gasteiger partial charge in [-0.15, -0.1) is 0 Å². The number of anilines is 2. The van der Waals surface area contributed by atoms with E-state index in [0.717, 1.165) is 53.1 Å². The van der Waals surface area contributed by atoms with Crippen molar-refractivity contribution >= 4 is 28.5 Å². The Hall–Kier alpha value is -3.71. The van der Waals surface area contributed by atoms with Crippen LogP contribution >= 0.6 is 0 Å². The molecule has 7 nitrogen and oxygen atoms in total. The van der Waals surface area contributed by atoms with Gasteiger partial charge < -0.3 is 19.1 Å². The molecule has 1 N–H and O–H groups in total. The summed E-state index contributed by atoms with van der Waals surface area (Å²) in [5.41, 5.74) is 3.67. The third-order valence-electron chi connectivity index (χ3n) is 5.97.